The molecule has 2 N–H and O–H groups in total. The minimum atomic E-state index is -0.217. The Labute approximate surface area is 112 Å². The predicted molar refractivity (Wildman–Crippen MR) is 72.6 cm³/mol. The Morgan fingerprint density at radius 3 is 2.33 bits per heavy atom. The molecule has 3 aliphatic rings. The summed E-state index contributed by atoms with van der Waals surface area (Å²) in [5.74, 6) is 0.621. The topological polar surface area (TPSA) is 46.3 Å². The van der Waals surface area contributed by atoms with E-state index in [4.69, 9.17) is 17.3 Å². The number of amides is 1. The molecule has 0 spiro atoms. The van der Waals surface area contributed by atoms with Crippen LogP contribution in [0.3, 0.4) is 0 Å². The van der Waals surface area contributed by atoms with Gasteiger partial charge >= 0.3 is 0 Å². The highest BCUT2D eigenvalue weighted by atomic mass is 35.5. The summed E-state index contributed by atoms with van der Waals surface area (Å²) in [6, 6.07) is 7.36. The molecule has 3 nitrogen and oxygen atoms in total. The first-order valence-corrected chi connectivity index (χ1v) is 6.67. The molecule has 3 fully saturated rings. The van der Waals surface area contributed by atoms with E-state index in [1.54, 1.807) is 0 Å². The summed E-state index contributed by atoms with van der Waals surface area (Å²) in [7, 11) is 1.94. The van der Waals surface area contributed by atoms with Crippen molar-refractivity contribution in [2.24, 2.45) is 17.1 Å². The van der Waals surface area contributed by atoms with Gasteiger partial charge in [-0.05, 0) is 49.4 Å². The van der Waals surface area contributed by atoms with Crippen LogP contribution in [0.2, 0.25) is 5.02 Å². The number of benzene rings is 1. The molecule has 1 atom stereocenters. The Morgan fingerprint density at radius 2 is 1.94 bits per heavy atom. The molecular weight excluding hydrogens is 248 g/mol. The number of nitrogens with two attached hydrogens (primary N) is 1. The quantitative estimate of drug-likeness (QED) is 0.908. The third-order valence-corrected chi connectivity index (χ3v) is 4.81. The van der Waals surface area contributed by atoms with E-state index >= 15 is 0 Å². The highest BCUT2D eigenvalue weighted by Gasteiger charge is 2.63. The van der Waals surface area contributed by atoms with Gasteiger partial charge in [0, 0.05) is 23.2 Å². The van der Waals surface area contributed by atoms with Gasteiger partial charge in [0.15, 0.2) is 0 Å². The predicted octanol–water partition coefficient (Wildman–Crippen LogP) is 2.43. The fraction of sp³-hybridized carbons (Fsp3) is 0.500. The van der Waals surface area contributed by atoms with Crippen LogP contribution in [-0.4, -0.2) is 19.0 Å². The molecule has 0 radical (unpaired) electrons. The number of hydrogen-bond acceptors (Lipinski definition) is 2. The summed E-state index contributed by atoms with van der Waals surface area (Å²) in [6.45, 7) is 0. The van der Waals surface area contributed by atoms with Crippen molar-refractivity contribution in [3.8, 4) is 0 Å². The molecule has 3 saturated carbocycles. The molecule has 1 amide bonds. The molecule has 3 aliphatic carbocycles. The Morgan fingerprint density at radius 1 is 1.39 bits per heavy atom. The van der Waals surface area contributed by atoms with Crippen molar-refractivity contribution < 1.29 is 4.79 Å². The summed E-state index contributed by atoms with van der Waals surface area (Å²) in [6.07, 6.45) is 3.45. The number of anilines is 1. The lowest BCUT2D eigenvalue weighted by Crippen LogP contribution is -2.66. The van der Waals surface area contributed by atoms with Gasteiger partial charge < -0.3 is 10.6 Å². The van der Waals surface area contributed by atoms with Crippen molar-refractivity contribution in [1.29, 1.82) is 0 Å². The fourth-order valence-corrected chi connectivity index (χ4v) is 3.73. The van der Waals surface area contributed by atoms with E-state index in [0.29, 0.717) is 5.02 Å². The lowest BCUT2D eigenvalue weighted by Gasteiger charge is -2.65. The van der Waals surface area contributed by atoms with E-state index in [1.165, 1.54) is 0 Å². The number of hydrogen-bond donors (Lipinski definition) is 1. The number of carbonyl (C=O) groups is 1. The molecule has 1 aromatic rings. The molecule has 0 heterocycles. The average molecular weight is 265 g/mol. The van der Waals surface area contributed by atoms with E-state index in [-0.39, 0.29) is 17.4 Å². The summed E-state index contributed by atoms with van der Waals surface area (Å²) in [5.41, 5.74) is 6.76. The van der Waals surface area contributed by atoms with Gasteiger partial charge in [-0.15, -0.1) is 0 Å². The number of carbonyl (C=O) groups excluding carboxylic acids is 1. The highest BCUT2D eigenvalue weighted by molar-refractivity contribution is 6.30. The minimum Gasteiger partial charge on any atom is -0.368 e. The molecule has 18 heavy (non-hydrogen) atoms. The number of nitrogens with zero attached hydrogens (tertiary/aromatic N) is 1. The molecule has 1 aromatic carbocycles. The van der Waals surface area contributed by atoms with Crippen molar-refractivity contribution in [3.05, 3.63) is 29.3 Å². The maximum Gasteiger partial charge on any atom is 0.240 e. The summed E-state index contributed by atoms with van der Waals surface area (Å²) in [5, 5.41) is 0.702. The van der Waals surface area contributed by atoms with Crippen LogP contribution in [0.1, 0.15) is 19.3 Å². The molecule has 0 aromatic heterocycles. The van der Waals surface area contributed by atoms with Crippen LogP contribution < -0.4 is 10.6 Å². The van der Waals surface area contributed by atoms with E-state index in [2.05, 4.69) is 0 Å². The molecule has 1 unspecified atom stereocenters. The van der Waals surface area contributed by atoms with E-state index in [1.807, 2.05) is 36.2 Å². The number of primary amides is 1. The van der Waals surface area contributed by atoms with Crippen molar-refractivity contribution >= 4 is 23.2 Å². The number of halogens is 1. The van der Waals surface area contributed by atoms with Gasteiger partial charge in [0.2, 0.25) is 5.91 Å². The fourth-order valence-electron chi connectivity index (χ4n) is 3.61. The van der Waals surface area contributed by atoms with E-state index < -0.39 is 0 Å². The molecule has 2 bridgehead atoms. The van der Waals surface area contributed by atoms with Crippen LogP contribution in [0, 0.1) is 11.3 Å². The van der Waals surface area contributed by atoms with Gasteiger partial charge in [0.25, 0.3) is 0 Å². The minimum absolute atomic E-state index is 0.144. The van der Waals surface area contributed by atoms with Crippen molar-refractivity contribution in [3.63, 3.8) is 0 Å². The van der Waals surface area contributed by atoms with Crippen molar-refractivity contribution in [2.45, 2.75) is 25.3 Å². The van der Waals surface area contributed by atoms with Gasteiger partial charge in [-0.25, -0.2) is 0 Å². The average Bonchev–Trinajstić information content (AvgIpc) is 2.21. The molecular formula is C14H17ClN2O. The second kappa shape index (κ2) is 3.89. The van der Waals surface area contributed by atoms with E-state index in [0.717, 1.165) is 30.9 Å². The monoisotopic (exact) mass is 264 g/mol. The zero-order chi connectivity index (χ0) is 12.9. The first kappa shape index (κ1) is 11.8. The maximum absolute atomic E-state index is 11.8. The molecule has 4 rings (SSSR count). The third-order valence-electron chi connectivity index (χ3n) is 4.56. The van der Waals surface area contributed by atoms with Crippen LogP contribution in [-0.2, 0) is 4.79 Å². The normalized spacial score (nSPS) is 30.0. The van der Waals surface area contributed by atoms with Crippen LogP contribution in [0.4, 0.5) is 5.69 Å². The smallest absolute Gasteiger partial charge is 0.240 e. The Kier molecular flexibility index (Phi) is 2.56. The van der Waals surface area contributed by atoms with Gasteiger partial charge in [-0.2, -0.15) is 0 Å². The lowest BCUT2D eigenvalue weighted by molar-refractivity contribution is -0.149. The van der Waals surface area contributed by atoms with Gasteiger partial charge in [-0.1, -0.05) is 11.6 Å². The van der Waals surface area contributed by atoms with Crippen LogP contribution in [0.15, 0.2) is 24.3 Å². The van der Waals surface area contributed by atoms with Gasteiger partial charge in [0.05, 0.1) is 0 Å². The van der Waals surface area contributed by atoms with Crippen LogP contribution in [0.25, 0.3) is 0 Å². The Hall–Kier alpha value is -1.22. The second-order valence-corrected chi connectivity index (χ2v) is 6.17. The molecule has 0 saturated heterocycles. The summed E-state index contributed by atoms with van der Waals surface area (Å²) >= 11 is 5.88. The van der Waals surface area contributed by atoms with Gasteiger partial charge in [0.1, 0.15) is 6.04 Å². The Balaban J connectivity index is 1.86. The van der Waals surface area contributed by atoms with Crippen molar-refractivity contribution in [2.75, 3.05) is 11.9 Å². The number of likely N-dealkylation sites (N-methyl/N-ethyl adjacent to an activating group) is 1. The first-order chi connectivity index (χ1) is 8.52. The first-order valence-electron chi connectivity index (χ1n) is 6.29. The van der Waals surface area contributed by atoms with Gasteiger partial charge in [-0.3, -0.25) is 4.79 Å². The standard InChI is InChI=1S/C14H17ClN2O/c1-17(11-4-2-10(15)3-5-11)12(13(16)18)14-6-9(7-14)8-14/h2-5,9,12H,6-8H2,1H3,(H2,16,18). The van der Waals surface area contributed by atoms with Crippen LogP contribution in [0.5, 0.6) is 0 Å². The second-order valence-electron chi connectivity index (χ2n) is 5.73. The van der Waals surface area contributed by atoms with E-state index in [9.17, 15) is 4.79 Å². The SMILES string of the molecule is CN(c1ccc(Cl)cc1)C(C(N)=O)C12CC(C1)C2. The zero-order valence-corrected chi connectivity index (χ0v) is 11.2. The molecule has 0 aliphatic heterocycles. The summed E-state index contributed by atoms with van der Waals surface area (Å²) < 4.78 is 0. The lowest BCUT2D eigenvalue weighted by atomic mass is 9.41. The Bertz CT molecular complexity index is 468. The molecule has 4 heteroatoms. The number of rotatable bonds is 4. The zero-order valence-electron chi connectivity index (χ0n) is 10.4. The summed E-state index contributed by atoms with van der Waals surface area (Å²) in [4.78, 5) is 13.8. The largest absolute Gasteiger partial charge is 0.368 e. The highest BCUT2D eigenvalue weighted by Crippen LogP contribution is 2.67. The van der Waals surface area contributed by atoms with Crippen molar-refractivity contribution in [1.82, 2.24) is 0 Å². The third kappa shape index (κ3) is 1.61. The maximum atomic E-state index is 11.8. The molecule has 96 valence electrons. The van der Waals surface area contributed by atoms with Crippen LogP contribution >= 0.6 is 11.6 Å².